The maximum atomic E-state index is 12.8. The first kappa shape index (κ1) is 28.4. The number of carbonyl (C=O) groups is 3. The Bertz CT molecular complexity index is 1140. The third kappa shape index (κ3) is 7.83. The molecule has 10 nitrogen and oxygen atoms in total. The number of carbonyl (C=O) groups excluding carboxylic acids is 3. The van der Waals surface area contributed by atoms with Crippen molar-refractivity contribution in [3.8, 4) is 11.5 Å². The fraction of sp³-hybridized carbons (Fsp3) is 0.318. The lowest BCUT2D eigenvalue weighted by atomic mass is 10.1. The lowest BCUT2D eigenvalue weighted by Gasteiger charge is -2.15. The quantitative estimate of drug-likeness (QED) is 0.187. The summed E-state index contributed by atoms with van der Waals surface area (Å²) >= 11 is 5.86. The highest BCUT2D eigenvalue weighted by Crippen LogP contribution is 2.37. The second-order valence-electron chi connectivity index (χ2n) is 7.00. The average molecular weight is 534 g/mol. The molecule has 0 aromatic heterocycles. The highest BCUT2D eigenvalue weighted by Gasteiger charge is 2.37. The minimum Gasteiger partial charge on any atom is -0.463 e. The van der Waals surface area contributed by atoms with E-state index in [1.165, 1.54) is 18.2 Å². The van der Waals surface area contributed by atoms with E-state index < -0.39 is 53.3 Å². The van der Waals surface area contributed by atoms with Crippen LogP contribution in [0.3, 0.4) is 0 Å². The molecule has 2 aromatic rings. The number of ether oxygens (including phenoxy) is 4. The van der Waals surface area contributed by atoms with Crippen molar-refractivity contribution < 1.29 is 51.4 Å². The zero-order valence-corrected chi connectivity index (χ0v) is 19.5. The van der Waals surface area contributed by atoms with E-state index in [1.807, 2.05) is 0 Å². The Kier molecular flexibility index (Phi) is 9.61. The van der Waals surface area contributed by atoms with Crippen LogP contribution in [-0.2, 0) is 34.8 Å². The van der Waals surface area contributed by atoms with Crippen LogP contribution in [0.4, 0.5) is 13.2 Å². The van der Waals surface area contributed by atoms with Crippen molar-refractivity contribution in [3.63, 3.8) is 0 Å². The number of benzene rings is 2. The van der Waals surface area contributed by atoms with Crippen LogP contribution in [0.5, 0.6) is 11.5 Å². The van der Waals surface area contributed by atoms with Crippen molar-refractivity contribution in [2.45, 2.75) is 32.2 Å². The minimum atomic E-state index is -4.62. The molecule has 36 heavy (non-hydrogen) atoms. The van der Waals surface area contributed by atoms with Crippen LogP contribution in [0.2, 0.25) is 5.02 Å². The highest BCUT2D eigenvalue weighted by molar-refractivity contribution is 6.32. The molecule has 0 bridgehead atoms. The van der Waals surface area contributed by atoms with Crippen molar-refractivity contribution in [2.75, 3.05) is 13.2 Å². The van der Waals surface area contributed by atoms with Crippen LogP contribution in [0.25, 0.3) is 0 Å². The molecule has 0 saturated carbocycles. The molecule has 0 N–H and O–H groups in total. The Hall–Kier alpha value is -3.87. The lowest BCUT2D eigenvalue weighted by molar-refractivity contribution is -0.516. The first-order valence-corrected chi connectivity index (χ1v) is 10.5. The van der Waals surface area contributed by atoms with E-state index in [9.17, 15) is 37.7 Å². The van der Waals surface area contributed by atoms with Gasteiger partial charge in [0, 0.05) is 10.5 Å². The van der Waals surface area contributed by atoms with E-state index >= 15 is 0 Å². The maximum absolute atomic E-state index is 12.8. The smallest absolute Gasteiger partial charge is 0.416 e. The predicted molar refractivity (Wildman–Crippen MR) is 116 cm³/mol. The zero-order valence-electron chi connectivity index (χ0n) is 18.7. The summed E-state index contributed by atoms with van der Waals surface area (Å²) in [5.41, 5.74) is -1.21. The summed E-state index contributed by atoms with van der Waals surface area (Å²) in [6, 6.07) is 5.20. The van der Waals surface area contributed by atoms with Crippen molar-refractivity contribution in [1.29, 1.82) is 0 Å². The van der Waals surface area contributed by atoms with Gasteiger partial charge in [-0.1, -0.05) is 23.7 Å². The summed E-state index contributed by atoms with van der Waals surface area (Å²) in [4.78, 5) is 46.3. The van der Waals surface area contributed by atoms with Gasteiger partial charge in [-0.05, 0) is 44.2 Å². The molecule has 0 fully saturated rings. The largest absolute Gasteiger partial charge is 0.463 e. The molecule has 0 aliphatic carbocycles. The number of halogens is 4. The van der Waals surface area contributed by atoms with Gasteiger partial charge in [0.1, 0.15) is 11.5 Å². The summed E-state index contributed by atoms with van der Waals surface area (Å²) in [7, 11) is 0. The number of alkyl halides is 3. The topological polar surface area (TPSA) is 131 Å². The van der Waals surface area contributed by atoms with E-state index in [-0.39, 0.29) is 28.7 Å². The fourth-order valence-electron chi connectivity index (χ4n) is 2.72. The molecule has 0 spiro atoms. The standard InChI is InChI=1S/C22H19ClF3NO9/c1-3-33-18(28)11-34-20(29)12(2)35-21(30)19(27(31)32)13-5-4-6-15(9-13)36-17-8-7-14(10-16(17)23)22(24,25)26/h4-10,12,19H,3,11H2,1-2H3. The van der Waals surface area contributed by atoms with Crippen LogP contribution in [-0.4, -0.2) is 42.1 Å². The van der Waals surface area contributed by atoms with Crippen LogP contribution < -0.4 is 4.74 Å². The molecule has 2 aromatic carbocycles. The third-order valence-corrected chi connectivity index (χ3v) is 4.65. The SMILES string of the molecule is CCOC(=O)COC(=O)C(C)OC(=O)C(c1cccc(Oc2ccc(C(F)(F)F)cc2Cl)c1)[N+](=O)[O-]. The average Bonchev–Trinajstić information content (AvgIpc) is 2.78. The highest BCUT2D eigenvalue weighted by atomic mass is 35.5. The monoisotopic (exact) mass is 533 g/mol. The molecular weight excluding hydrogens is 515 g/mol. The van der Waals surface area contributed by atoms with E-state index in [0.29, 0.717) is 6.07 Å². The summed E-state index contributed by atoms with van der Waals surface area (Å²) in [6.45, 7) is 1.95. The van der Waals surface area contributed by atoms with Crippen LogP contribution in [0.1, 0.15) is 31.0 Å². The molecule has 2 atom stereocenters. The molecule has 194 valence electrons. The van der Waals surface area contributed by atoms with Crippen LogP contribution in [0, 0.1) is 10.1 Å². The van der Waals surface area contributed by atoms with E-state index in [1.54, 1.807) is 6.92 Å². The first-order valence-electron chi connectivity index (χ1n) is 10.1. The molecule has 2 unspecified atom stereocenters. The van der Waals surface area contributed by atoms with Gasteiger partial charge in [-0.2, -0.15) is 13.2 Å². The number of esters is 3. The van der Waals surface area contributed by atoms with Crippen molar-refractivity contribution >= 4 is 29.5 Å². The lowest BCUT2D eigenvalue weighted by Crippen LogP contribution is -2.32. The van der Waals surface area contributed by atoms with Crippen molar-refractivity contribution in [3.05, 3.63) is 68.7 Å². The Balaban J connectivity index is 2.15. The predicted octanol–water partition coefficient (Wildman–Crippen LogP) is 4.51. The van der Waals surface area contributed by atoms with E-state index in [0.717, 1.165) is 25.1 Å². The molecule has 2 rings (SSSR count). The number of nitrogens with zero attached hydrogens (tertiary/aromatic N) is 1. The minimum absolute atomic E-state index is 0.0549. The summed E-state index contributed by atoms with van der Waals surface area (Å²) in [5, 5.41) is 11.2. The van der Waals surface area contributed by atoms with Gasteiger partial charge >= 0.3 is 30.1 Å². The number of hydrogen-bond acceptors (Lipinski definition) is 9. The summed E-state index contributed by atoms with van der Waals surface area (Å²) < 4.78 is 57.9. The second-order valence-corrected chi connectivity index (χ2v) is 7.40. The van der Waals surface area contributed by atoms with E-state index in [4.69, 9.17) is 21.1 Å². The summed E-state index contributed by atoms with van der Waals surface area (Å²) in [5.74, 6) is -3.62. The van der Waals surface area contributed by atoms with Gasteiger partial charge in [0.25, 0.3) is 0 Å². The Morgan fingerprint density at radius 1 is 1.08 bits per heavy atom. The second kappa shape index (κ2) is 12.2. The van der Waals surface area contributed by atoms with Crippen molar-refractivity contribution in [1.82, 2.24) is 0 Å². The maximum Gasteiger partial charge on any atom is 0.416 e. The molecule has 0 radical (unpaired) electrons. The van der Waals surface area contributed by atoms with Gasteiger partial charge in [-0.25, -0.2) is 14.4 Å². The molecule has 0 amide bonds. The van der Waals surface area contributed by atoms with Gasteiger partial charge in [0.2, 0.25) is 0 Å². The molecule has 14 heteroatoms. The Labute approximate surface area is 207 Å². The van der Waals surface area contributed by atoms with Crippen LogP contribution >= 0.6 is 11.6 Å². The Morgan fingerprint density at radius 2 is 1.78 bits per heavy atom. The normalized spacial score (nSPS) is 12.7. The molecule has 0 heterocycles. The summed E-state index contributed by atoms with van der Waals surface area (Å²) in [6.07, 6.45) is -6.20. The van der Waals surface area contributed by atoms with Gasteiger partial charge in [0.15, 0.2) is 12.7 Å². The van der Waals surface area contributed by atoms with Gasteiger partial charge in [-0.3, -0.25) is 10.1 Å². The first-order chi connectivity index (χ1) is 16.8. The number of hydrogen-bond donors (Lipinski definition) is 0. The fourth-order valence-corrected chi connectivity index (χ4v) is 2.93. The molecule has 0 aliphatic rings. The van der Waals surface area contributed by atoms with Gasteiger partial charge in [0.05, 0.1) is 17.2 Å². The molecule has 0 saturated heterocycles. The van der Waals surface area contributed by atoms with Gasteiger partial charge in [-0.15, -0.1) is 0 Å². The van der Waals surface area contributed by atoms with E-state index in [2.05, 4.69) is 9.47 Å². The van der Waals surface area contributed by atoms with Crippen LogP contribution in [0.15, 0.2) is 42.5 Å². The zero-order chi connectivity index (χ0) is 27.0. The van der Waals surface area contributed by atoms with Gasteiger partial charge < -0.3 is 18.9 Å². The number of nitro groups is 1. The number of rotatable bonds is 10. The molecular formula is C22H19ClF3NO9. The molecule has 0 aliphatic heterocycles. The van der Waals surface area contributed by atoms with Crippen molar-refractivity contribution in [2.24, 2.45) is 0 Å². The third-order valence-electron chi connectivity index (χ3n) is 4.36. The Morgan fingerprint density at radius 3 is 2.36 bits per heavy atom.